The summed E-state index contributed by atoms with van der Waals surface area (Å²) in [5, 5.41) is 0. The van der Waals surface area contributed by atoms with E-state index in [4.69, 9.17) is 4.74 Å². The van der Waals surface area contributed by atoms with Crippen molar-refractivity contribution in [3.05, 3.63) is 62.5 Å². The van der Waals surface area contributed by atoms with Gasteiger partial charge in [0.2, 0.25) is 0 Å². The first-order valence-electron chi connectivity index (χ1n) is 5.71. The summed E-state index contributed by atoms with van der Waals surface area (Å²) in [6.45, 7) is 0. The molecule has 0 fully saturated rings. The Morgan fingerprint density at radius 3 is 2.37 bits per heavy atom. The molecule has 19 heavy (non-hydrogen) atoms. The number of rotatable bonds is 4. The average molecular weight is 384 g/mol. The van der Waals surface area contributed by atoms with Gasteiger partial charge in [0.1, 0.15) is 5.75 Å². The highest BCUT2D eigenvalue weighted by Gasteiger charge is 2.09. The summed E-state index contributed by atoms with van der Waals surface area (Å²) in [7, 11) is 1.60. The second kappa shape index (κ2) is 6.35. The fourth-order valence-electron chi connectivity index (χ4n) is 1.73. The Kier molecular flexibility index (Phi) is 4.77. The zero-order chi connectivity index (χ0) is 13.8. The Hall–Kier alpha value is -1.13. The minimum absolute atomic E-state index is 0.0886. The van der Waals surface area contributed by atoms with Crippen LogP contribution in [0.2, 0.25) is 0 Å². The topological polar surface area (TPSA) is 26.3 Å². The molecule has 0 saturated carbocycles. The van der Waals surface area contributed by atoms with Crippen LogP contribution < -0.4 is 4.74 Å². The molecule has 0 unspecified atom stereocenters. The highest BCUT2D eigenvalue weighted by Crippen LogP contribution is 2.26. The van der Waals surface area contributed by atoms with Crippen molar-refractivity contribution >= 4 is 37.6 Å². The Balaban J connectivity index is 2.16. The zero-order valence-electron chi connectivity index (χ0n) is 10.3. The third-order valence-corrected chi connectivity index (χ3v) is 3.90. The minimum atomic E-state index is 0.0886. The first-order valence-corrected chi connectivity index (χ1v) is 7.30. The molecule has 0 atom stereocenters. The van der Waals surface area contributed by atoms with Crippen LogP contribution >= 0.6 is 31.9 Å². The molecule has 98 valence electrons. The molecule has 2 rings (SSSR count). The fraction of sp³-hybridized carbons (Fsp3) is 0.133. The van der Waals surface area contributed by atoms with Crippen molar-refractivity contribution in [3.63, 3.8) is 0 Å². The standard InChI is InChI=1S/C15H12Br2O2/c1-19-15-7-4-11(9-13(15)17)14(18)8-10-2-5-12(16)6-3-10/h2-7,9H,8H2,1H3. The maximum Gasteiger partial charge on any atom is 0.167 e. The van der Waals surface area contributed by atoms with Crippen molar-refractivity contribution in [1.82, 2.24) is 0 Å². The molecule has 0 saturated heterocycles. The maximum atomic E-state index is 12.2. The van der Waals surface area contributed by atoms with Crippen LogP contribution in [0.3, 0.4) is 0 Å². The molecule has 2 aromatic rings. The van der Waals surface area contributed by atoms with E-state index >= 15 is 0 Å². The Bertz CT molecular complexity index is 592. The maximum absolute atomic E-state index is 12.2. The van der Waals surface area contributed by atoms with E-state index in [-0.39, 0.29) is 5.78 Å². The number of hydrogen-bond acceptors (Lipinski definition) is 2. The number of methoxy groups -OCH3 is 1. The lowest BCUT2D eigenvalue weighted by Crippen LogP contribution is -2.03. The lowest BCUT2D eigenvalue weighted by Gasteiger charge is -2.06. The van der Waals surface area contributed by atoms with Crippen LogP contribution in [0.4, 0.5) is 0 Å². The Morgan fingerprint density at radius 2 is 1.79 bits per heavy atom. The van der Waals surface area contributed by atoms with Crippen LogP contribution in [0.1, 0.15) is 15.9 Å². The Morgan fingerprint density at radius 1 is 1.11 bits per heavy atom. The minimum Gasteiger partial charge on any atom is -0.496 e. The van der Waals surface area contributed by atoms with Gasteiger partial charge in [-0.3, -0.25) is 4.79 Å². The molecule has 0 aromatic heterocycles. The van der Waals surface area contributed by atoms with Gasteiger partial charge in [-0.15, -0.1) is 0 Å². The molecular weight excluding hydrogens is 372 g/mol. The molecule has 0 radical (unpaired) electrons. The van der Waals surface area contributed by atoms with Crippen molar-refractivity contribution in [3.8, 4) is 5.75 Å². The van der Waals surface area contributed by atoms with Gasteiger partial charge in [-0.25, -0.2) is 0 Å². The fourth-order valence-corrected chi connectivity index (χ4v) is 2.53. The lowest BCUT2D eigenvalue weighted by molar-refractivity contribution is 0.0993. The van der Waals surface area contributed by atoms with Crippen molar-refractivity contribution in [2.24, 2.45) is 0 Å². The molecule has 0 heterocycles. The third-order valence-electron chi connectivity index (χ3n) is 2.75. The van der Waals surface area contributed by atoms with Crippen molar-refractivity contribution in [2.45, 2.75) is 6.42 Å². The van der Waals surface area contributed by atoms with Crippen LogP contribution in [-0.2, 0) is 6.42 Å². The van der Waals surface area contributed by atoms with E-state index in [0.717, 1.165) is 20.3 Å². The van der Waals surface area contributed by atoms with Gasteiger partial charge in [0.15, 0.2) is 5.78 Å². The number of ketones is 1. The number of benzene rings is 2. The second-order valence-corrected chi connectivity index (χ2v) is 5.85. The monoisotopic (exact) mass is 382 g/mol. The first-order chi connectivity index (χ1) is 9.10. The normalized spacial score (nSPS) is 10.3. The molecule has 0 N–H and O–H groups in total. The van der Waals surface area contributed by atoms with Crippen LogP contribution in [0.25, 0.3) is 0 Å². The number of carbonyl (C=O) groups is 1. The summed E-state index contributed by atoms with van der Waals surface area (Å²) in [5.74, 6) is 0.811. The predicted octanol–water partition coefficient (Wildman–Crippen LogP) is 4.65. The molecule has 2 nitrogen and oxygen atoms in total. The largest absolute Gasteiger partial charge is 0.496 e. The van der Waals surface area contributed by atoms with Crippen LogP contribution in [0, 0.1) is 0 Å². The van der Waals surface area contributed by atoms with Gasteiger partial charge < -0.3 is 4.74 Å². The molecule has 2 aromatic carbocycles. The van der Waals surface area contributed by atoms with Crippen LogP contribution in [-0.4, -0.2) is 12.9 Å². The van der Waals surface area contributed by atoms with Crippen LogP contribution in [0.15, 0.2) is 51.4 Å². The SMILES string of the molecule is COc1ccc(C(=O)Cc2ccc(Br)cc2)cc1Br. The second-order valence-electron chi connectivity index (χ2n) is 4.08. The van der Waals surface area contributed by atoms with Crippen molar-refractivity contribution in [1.29, 1.82) is 0 Å². The lowest BCUT2D eigenvalue weighted by atomic mass is 10.0. The van der Waals surface area contributed by atoms with E-state index in [1.165, 1.54) is 0 Å². The first kappa shape index (κ1) is 14.3. The molecule has 0 aliphatic rings. The highest BCUT2D eigenvalue weighted by atomic mass is 79.9. The number of carbonyl (C=O) groups excluding carboxylic acids is 1. The van der Waals surface area contributed by atoms with E-state index < -0.39 is 0 Å². The molecule has 0 aliphatic heterocycles. The van der Waals surface area contributed by atoms with E-state index in [2.05, 4.69) is 31.9 Å². The summed E-state index contributed by atoms with van der Waals surface area (Å²) in [6.07, 6.45) is 0.395. The van der Waals surface area contributed by atoms with Gasteiger partial charge in [0.05, 0.1) is 11.6 Å². The van der Waals surface area contributed by atoms with E-state index in [1.807, 2.05) is 24.3 Å². The molecular formula is C15H12Br2O2. The summed E-state index contributed by atoms with van der Waals surface area (Å²) < 4.78 is 6.95. The van der Waals surface area contributed by atoms with Gasteiger partial charge in [0.25, 0.3) is 0 Å². The third kappa shape index (κ3) is 3.67. The van der Waals surface area contributed by atoms with Crippen molar-refractivity contribution in [2.75, 3.05) is 7.11 Å². The van der Waals surface area contributed by atoms with Crippen LogP contribution in [0.5, 0.6) is 5.75 Å². The average Bonchev–Trinajstić information content (AvgIpc) is 2.41. The van der Waals surface area contributed by atoms with Gasteiger partial charge in [-0.1, -0.05) is 28.1 Å². The molecule has 4 heteroatoms. The predicted molar refractivity (Wildman–Crippen MR) is 82.9 cm³/mol. The van der Waals surface area contributed by atoms with Gasteiger partial charge in [-0.05, 0) is 51.8 Å². The highest BCUT2D eigenvalue weighted by molar-refractivity contribution is 9.10. The van der Waals surface area contributed by atoms with Gasteiger partial charge in [-0.2, -0.15) is 0 Å². The van der Waals surface area contributed by atoms with E-state index in [0.29, 0.717) is 12.0 Å². The summed E-state index contributed by atoms with van der Waals surface area (Å²) in [5.41, 5.74) is 1.68. The molecule has 0 bridgehead atoms. The van der Waals surface area contributed by atoms with E-state index in [9.17, 15) is 4.79 Å². The summed E-state index contributed by atoms with van der Waals surface area (Å²) >= 11 is 6.76. The molecule has 0 aliphatic carbocycles. The molecule has 0 amide bonds. The number of halogens is 2. The smallest absolute Gasteiger partial charge is 0.167 e. The number of ether oxygens (including phenoxy) is 1. The zero-order valence-corrected chi connectivity index (χ0v) is 13.5. The van der Waals surface area contributed by atoms with Gasteiger partial charge in [0, 0.05) is 16.5 Å². The number of hydrogen-bond donors (Lipinski definition) is 0. The molecule has 0 spiro atoms. The Labute approximate surface area is 129 Å². The van der Waals surface area contributed by atoms with E-state index in [1.54, 1.807) is 25.3 Å². The summed E-state index contributed by atoms with van der Waals surface area (Å²) in [6, 6.07) is 13.1. The van der Waals surface area contributed by atoms with Gasteiger partial charge >= 0.3 is 0 Å². The quantitative estimate of drug-likeness (QED) is 0.718. The van der Waals surface area contributed by atoms with Crippen molar-refractivity contribution < 1.29 is 9.53 Å². The number of Topliss-reactive ketones (excluding diaryl/α,β-unsaturated/α-hetero) is 1. The summed E-state index contributed by atoms with van der Waals surface area (Å²) in [4.78, 5) is 12.2.